The predicted octanol–water partition coefficient (Wildman–Crippen LogP) is -0.314. The van der Waals surface area contributed by atoms with Crippen LogP contribution in [0.15, 0.2) is 0 Å². The lowest BCUT2D eigenvalue weighted by Crippen LogP contribution is -2.62. The molecule has 0 aromatic carbocycles. The van der Waals surface area contributed by atoms with Crippen LogP contribution in [0.1, 0.15) is 26.7 Å². The highest BCUT2D eigenvalue weighted by Gasteiger charge is 2.48. The normalized spacial score (nSPS) is 28.1. The first-order valence-corrected chi connectivity index (χ1v) is 6.88. The van der Waals surface area contributed by atoms with Crippen LogP contribution in [0.4, 0.5) is 0 Å². The summed E-state index contributed by atoms with van der Waals surface area (Å²) < 4.78 is 0. The molecule has 0 aromatic rings. The summed E-state index contributed by atoms with van der Waals surface area (Å²) in [5, 5.41) is 15.7. The largest absolute Gasteiger partial charge is 0.480 e. The van der Waals surface area contributed by atoms with Crippen LogP contribution in [0.25, 0.3) is 0 Å². The number of rotatable bonds is 2. The van der Waals surface area contributed by atoms with Crippen molar-refractivity contribution in [3.05, 3.63) is 0 Å². The van der Waals surface area contributed by atoms with Crippen LogP contribution >= 0.6 is 0 Å². The van der Waals surface area contributed by atoms with Crippen LogP contribution in [0.3, 0.4) is 0 Å². The number of imide groups is 1. The highest BCUT2D eigenvalue weighted by Crippen LogP contribution is 2.24. The van der Waals surface area contributed by atoms with Gasteiger partial charge in [0.05, 0.1) is 5.92 Å². The fourth-order valence-corrected chi connectivity index (χ4v) is 2.52. The SMILES string of the molecule is CC1CCCN(C(=N)N)C1.C[C@H]1C(=O)N(C=O)[C@@H]1C(=O)O. The van der Waals surface area contributed by atoms with E-state index in [1.165, 1.54) is 19.8 Å². The number of carboxylic acid groups (broad SMARTS) is 1. The Kier molecular flexibility index (Phi) is 5.69. The van der Waals surface area contributed by atoms with E-state index in [9.17, 15) is 14.4 Å². The molecule has 8 nitrogen and oxygen atoms in total. The van der Waals surface area contributed by atoms with E-state index in [0.29, 0.717) is 10.8 Å². The van der Waals surface area contributed by atoms with E-state index < -0.39 is 23.8 Å². The summed E-state index contributed by atoms with van der Waals surface area (Å²) in [6.07, 6.45) is 2.71. The summed E-state index contributed by atoms with van der Waals surface area (Å²) in [6, 6.07) is -0.958. The molecule has 2 heterocycles. The van der Waals surface area contributed by atoms with Gasteiger partial charge in [0.15, 0.2) is 5.96 Å². The van der Waals surface area contributed by atoms with Gasteiger partial charge in [-0.25, -0.2) is 4.79 Å². The monoisotopic (exact) mass is 298 g/mol. The lowest BCUT2D eigenvalue weighted by Gasteiger charge is -2.38. The van der Waals surface area contributed by atoms with Crippen molar-refractivity contribution in [2.75, 3.05) is 13.1 Å². The molecule has 0 saturated carbocycles. The van der Waals surface area contributed by atoms with Crippen molar-refractivity contribution in [2.45, 2.75) is 32.7 Å². The zero-order valence-electron chi connectivity index (χ0n) is 12.3. The molecule has 21 heavy (non-hydrogen) atoms. The number of nitrogens with two attached hydrogens (primary N) is 1. The van der Waals surface area contributed by atoms with Crippen LogP contribution in [-0.2, 0) is 14.4 Å². The number of likely N-dealkylation sites (tertiary alicyclic amines) is 2. The number of nitrogens with zero attached hydrogens (tertiary/aromatic N) is 2. The minimum Gasteiger partial charge on any atom is -0.480 e. The maximum atomic E-state index is 10.7. The Morgan fingerprint density at radius 3 is 2.43 bits per heavy atom. The first-order chi connectivity index (χ1) is 9.79. The number of hydrogen-bond acceptors (Lipinski definition) is 4. The second-order valence-corrected chi connectivity index (χ2v) is 5.50. The van der Waals surface area contributed by atoms with Crippen molar-refractivity contribution in [3.8, 4) is 0 Å². The maximum absolute atomic E-state index is 10.7. The molecule has 2 amide bonds. The Bertz CT molecular complexity index is 440. The maximum Gasteiger partial charge on any atom is 0.327 e. The molecule has 0 radical (unpaired) electrons. The zero-order valence-corrected chi connectivity index (χ0v) is 12.3. The van der Waals surface area contributed by atoms with E-state index in [4.69, 9.17) is 16.2 Å². The minimum absolute atomic E-state index is 0.228. The number of guanidine groups is 1. The first-order valence-electron chi connectivity index (χ1n) is 6.88. The Hall–Kier alpha value is -2.12. The summed E-state index contributed by atoms with van der Waals surface area (Å²) >= 11 is 0. The third kappa shape index (κ3) is 3.93. The molecular formula is C13H22N4O4. The summed E-state index contributed by atoms with van der Waals surface area (Å²) in [5.41, 5.74) is 5.34. The van der Waals surface area contributed by atoms with Gasteiger partial charge in [-0.2, -0.15) is 0 Å². The van der Waals surface area contributed by atoms with Crippen LogP contribution in [0, 0.1) is 17.2 Å². The number of amides is 2. The van der Waals surface area contributed by atoms with Crippen LogP contribution in [0.5, 0.6) is 0 Å². The number of aliphatic carboxylic acids is 1. The van der Waals surface area contributed by atoms with Crippen molar-refractivity contribution in [1.82, 2.24) is 9.80 Å². The molecule has 3 atom stereocenters. The quantitative estimate of drug-likeness (QED) is 0.277. The van der Waals surface area contributed by atoms with E-state index in [1.807, 2.05) is 4.90 Å². The molecule has 4 N–H and O–H groups in total. The molecule has 8 heteroatoms. The molecule has 1 unspecified atom stereocenters. The van der Waals surface area contributed by atoms with E-state index in [1.54, 1.807) is 0 Å². The second-order valence-electron chi connectivity index (χ2n) is 5.50. The van der Waals surface area contributed by atoms with E-state index in [-0.39, 0.29) is 12.4 Å². The molecule has 0 aromatic heterocycles. The number of β-lactam (4-membered cyclic amide) rings is 1. The van der Waals surface area contributed by atoms with Crippen molar-refractivity contribution in [3.63, 3.8) is 0 Å². The van der Waals surface area contributed by atoms with Crippen LogP contribution in [0.2, 0.25) is 0 Å². The van der Waals surface area contributed by atoms with Crippen molar-refractivity contribution >= 4 is 24.2 Å². The lowest BCUT2D eigenvalue weighted by atomic mass is 9.90. The zero-order chi connectivity index (χ0) is 16.2. The van der Waals surface area contributed by atoms with Crippen molar-refractivity contribution < 1.29 is 19.5 Å². The smallest absolute Gasteiger partial charge is 0.327 e. The third-order valence-corrected chi connectivity index (χ3v) is 3.78. The molecule has 2 aliphatic heterocycles. The average Bonchev–Trinajstić information content (AvgIpc) is 2.43. The Morgan fingerprint density at radius 2 is 2.10 bits per heavy atom. The fourth-order valence-electron chi connectivity index (χ4n) is 2.52. The van der Waals surface area contributed by atoms with Crippen molar-refractivity contribution in [1.29, 1.82) is 5.41 Å². The van der Waals surface area contributed by atoms with Crippen LogP contribution < -0.4 is 5.73 Å². The van der Waals surface area contributed by atoms with Gasteiger partial charge in [-0.3, -0.25) is 19.9 Å². The van der Waals surface area contributed by atoms with Gasteiger partial charge in [0.2, 0.25) is 12.3 Å². The number of hydrogen-bond donors (Lipinski definition) is 3. The molecule has 0 spiro atoms. The fraction of sp³-hybridized carbons (Fsp3) is 0.692. The van der Waals surface area contributed by atoms with Gasteiger partial charge >= 0.3 is 5.97 Å². The molecule has 0 aliphatic carbocycles. The van der Waals surface area contributed by atoms with E-state index in [2.05, 4.69) is 6.92 Å². The molecule has 0 bridgehead atoms. The number of carbonyl (C=O) groups excluding carboxylic acids is 2. The molecule has 2 saturated heterocycles. The summed E-state index contributed by atoms with van der Waals surface area (Å²) in [6.45, 7) is 5.63. The van der Waals surface area contributed by atoms with Gasteiger partial charge < -0.3 is 15.7 Å². The Morgan fingerprint density at radius 1 is 1.48 bits per heavy atom. The molecule has 2 rings (SSSR count). The van der Waals surface area contributed by atoms with Gasteiger partial charge in [0.1, 0.15) is 6.04 Å². The van der Waals surface area contributed by atoms with Gasteiger partial charge in [-0.15, -0.1) is 0 Å². The number of carboxylic acids is 1. The van der Waals surface area contributed by atoms with E-state index in [0.717, 1.165) is 13.1 Å². The molecule has 2 fully saturated rings. The molecular weight excluding hydrogens is 276 g/mol. The first kappa shape index (κ1) is 16.9. The standard InChI is InChI=1S/C7H15N3.C6H7NO4/c1-6-3-2-4-10(5-6)7(8)9;1-3-4(6(10)11)7(2-8)5(3)9/h6H,2-5H2,1H3,(H3,8,9);2-4H,1H3,(H,10,11)/t;3-,4+/m.1/s1. The number of carbonyl (C=O) groups is 3. The average molecular weight is 298 g/mol. The predicted molar refractivity (Wildman–Crippen MR) is 75.4 cm³/mol. The summed E-state index contributed by atoms with van der Waals surface area (Å²) in [4.78, 5) is 33.8. The Labute approximate surface area is 123 Å². The second kappa shape index (κ2) is 7.05. The van der Waals surface area contributed by atoms with Crippen LogP contribution in [-0.4, -0.2) is 58.3 Å². The Balaban J connectivity index is 0.000000211. The van der Waals surface area contributed by atoms with Crippen molar-refractivity contribution in [2.24, 2.45) is 17.6 Å². The van der Waals surface area contributed by atoms with Gasteiger partial charge in [-0.1, -0.05) is 13.8 Å². The number of nitrogens with one attached hydrogen (secondary N) is 1. The van der Waals surface area contributed by atoms with Gasteiger partial charge in [0, 0.05) is 13.1 Å². The van der Waals surface area contributed by atoms with Gasteiger partial charge in [0.25, 0.3) is 0 Å². The lowest BCUT2D eigenvalue weighted by molar-refractivity contribution is -0.171. The topological polar surface area (TPSA) is 128 Å². The van der Waals surface area contributed by atoms with Gasteiger partial charge in [-0.05, 0) is 18.8 Å². The molecule has 2 aliphatic rings. The third-order valence-electron chi connectivity index (χ3n) is 3.78. The van der Waals surface area contributed by atoms with E-state index >= 15 is 0 Å². The summed E-state index contributed by atoms with van der Waals surface area (Å²) in [7, 11) is 0. The number of piperidine rings is 1. The summed E-state index contributed by atoms with van der Waals surface area (Å²) in [5.74, 6) is -1.20. The minimum atomic E-state index is -1.14. The highest BCUT2D eigenvalue weighted by molar-refractivity contribution is 6.02. The molecule has 118 valence electrons. The highest BCUT2D eigenvalue weighted by atomic mass is 16.4.